The van der Waals surface area contributed by atoms with Gasteiger partial charge in [0, 0.05) is 45.5 Å². The number of urea groups is 1. The molecule has 0 radical (unpaired) electrons. The zero-order valence-electron chi connectivity index (χ0n) is 18.9. The van der Waals surface area contributed by atoms with Crippen LogP contribution in [-0.4, -0.2) is 77.7 Å². The first-order chi connectivity index (χ1) is 16.1. The lowest BCUT2D eigenvalue weighted by Crippen LogP contribution is -2.48. The summed E-state index contributed by atoms with van der Waals surface area (Å²) in [5.74, 6) is 2.75. The van der Waals surface area contributed by atoms with E-state index >= 15 is 0 Å². The van der Waals surface area contributed by atoms with Gasteiger partial charge in [0.15, 0.2) is 0 Å². The molecule has 2 aromatic rings. The number of piperazine rings is 1. The Labute approximate surface area is 194 Å². The van der Waals surface area contributed by atoms with Crippen LogP contribution in [0.25, 0.3) is 5.69 Å². The molecule has 1 saturated carbocycles. The first-order valence-electron chi connectivity index (χ1n) is 12.0. The van der Waals surface area contributed by atoms with E-state index in [1.807, 2.05) is 12.1 Å². The van der Waals surface area contributed by atoms with Crippen LogP contribution in [0.3, 0.4) is 0 Å². The topological polar surface area (TPSA) is 109 Å². The molecular formula is C24H33N7O2. The third-order valence-electron chi connectivity index (χ3n) is 7.32. The Morgan fingerprint density at radius 1 is 1.12 bits per heavy atom. The van der Waals surface area contributed by atoms with Crippen molar-refractivity contribution >= 4 is 11.8 Å². The molecule has 1 aliphatic carbocycles. The number of carbonyl (C=O) groups excluding carboxylic acids is 1. The molecule has 1 aromatic carbocycles. The van der Waals surface area contributed by atoms with Gasteiger partial charge in [0.25, 0.3) is 0 Å². The summed E-state index contributed by atoms with van der Waals surface area (Å²) >= 11 is 0. The number of piperidine rings is 1. The summed E-state index contributed by atoms with van der Waals surface area (Å²) in [6, 6.07) is 9.49. The van der Waals surface area contributed by atoms with Gasteiger partial charge in [-0.15, -0.1) is 0 Å². The summed E-state index contributed by atoms with van der Waals surface area (Å²) < 4.78 is 1.49. The van der Waals surface area contributed by atoms with E-state index in [-0.39, 0.29) is 11.8 Å². The molecule has 2 saturated heterocycles. The summed E-state index contributed by atoms with van der Waals surface area (Å²) in [6.45, 7) is 7.24. The summed E-state index contributed by atoms with van der Waals surface area (Å²) in [4.78, 5) is 33.2. The van der Waals surface area contributed by atoms with Crippen molar-refractivity contribution in [1.82, 2.24) is 24.7 Å². The summed E-state index contributed by atoms with van der Waals surface area (Å²) in [7, 11) is 0. The van der Waals surface area contributed by atoms with Crippen LogP contribution in [0.15, 0.2) is 41.3 Å². The maximum absolute atomic E-state index is 12.5. The lowest BCUT2D eigenvalue weighted by atomic mass is 10.1. The molecule has 0 spiro atoms. The van der Waals surface area contributed by atoms with Gasteiger partial charge < -0.3 is 20.9 Å². The molecule has 4 N–H and O–H groups in total. The fraction of sp³-hybridized carbons (Fsp3) is 0.542. The fourth-order valence-electron chi connectivity index (χ4n) is 5.32. The van der Waals surface area contributed by atoms with Crippen molar-refractivity contribution < 1.29 is 4.79 Å². The molecule has 2 aliphatic heterocycles. The Morgan fingerprint density at radius 2 is 1.85 bits per heavy atom. The number of nitrogens with two attached hydrogens (primary N) is 1. The standard InChI is InChI=1S/C24H33N7O2/c25-14-19-20-15-29(16-21(19)20)10-1-2-17-3-5-18(6-4-17)31-11-7-22(28-24(31)33)27-23(32)30-12-8-26-9-13-30/h3-7,11,19-21,26H,1-2,8-10,12-16,25H2,(H,27,28,32,33). The molecule has 2 atom stereocenters. The Balaban J connectivity index is 1.12. The maximum atomic E-state index is 12.5. The number of aryl methyl sites for hydroxylation is 1. The van der Waals surface area contributed by atoms with E-state index in [1.54, 1.807) is 17.2 Å². The van der Waals surface area contributed by atoms with Crippen molar-refractivity contribution in [3.8, 4) is 5.69 Å². The lowest BCUT2D eigenvalue weighted by Gasteiger charge is -2.27. The molecule has 2 amide bonds. The van der Waals surface area contributed by atoms with Crippen LogP contribution in [0.1, 0.15) is 12.0 Å². The zero-order valence-corrected chi connectivity index (χ0v) is 18.9. The second-order valence-electron chi connectivity index (χ2n) is 9.39. The average molecular weight is 452 g/mol. The predicted octanol–water partition coefficient (Wildman–Crippen LogP) is 0.739. The number of rotatable bonds is 7. The van der Waals surface area contributed by atoms with Gasteiger partial charge in [-0.25, -0.2) is 9.59 Å². The molecule has 9 nitrogen and oxygen atoms in total. The van der Waals surface area contributed by atoms with E-state index in [0.717, 1.165) is 62.5 Å². The van der Waals surface area contributed by atoms with Crippen molar-refractivity contribution in [3.05, 3.63) is 52.6 Å². The minimum atomic E-state index is -0.413. The number of hydrogen-bond donors (Lipinski definition) is 3. The average Bonchev–Trinajstić information content (AvgIpc) is 3.32. The number of amides is 2. The number of carbonyl (C=O) groups is 1. The van der Waals surface area contributed by atoms with E-state index in [9.17, 15) is 9.59 Å². The summed E-state index contributed by atoms with van der Waals surface area (Å²) in [5.41, 5.74) is 7.42. The van der Waals surface area contributed by atoms with Crippen LogP contribution >= 0.6 is 0 Å². The van der Waals surface area contributed by atoms with Crippen LogP contribution < -0.4 is 22.1 Å². The quantitative estimate of drug-likeness (QED) is 0.573. The minimum absolute atomic E-state index is 0.226. The van der Waals surface area contributed by atoms with Crippen LogP contribution in [0.4, 0.5) is 10.6 Å². The Hall–Kier alpha value is -2.75. The largest absolute Gasteiger partial charge is 0.354 e. The highest BCUT2D eigenvalue weighted by Gasteiger charge is 2.54. The van der Waals surface area contributed by atoms with E-state index in [1.165, 1.54) is 23.2 Å². The van der Waals surface area contributed by atoms with Crippen LogP contribution in [0.5, 0.6) is 0 Å². The monoisotopic (exact) mass is 451 g/mol. The molecule has 3 fully saturated rings. The van der Waals surface area contributed by atoms with Crippen molar-refractivity contribution in [3.63, 3.8) is 0 Å². The van der Waals surface area contributed by atoms with Crippen LogP contribution in [0, 0.1) is 17.8 Å². The highest BCUT2D eigenvalue weighted by atomic mass is 16.2. The number of benzene rings is 1. The normalized spacial score (nSPS) is 24.5. The number of aromatic nitrogens is 2. The zero-order chi connectivity index (χ0) is 22.8. The minimum Gasteiger partial charge on any atom is -0.330 e. The van der Waals surface area contributed by atoms with Gasteiger partial charge in [-0.05, 0) is 67.4 Å². The molecule has 3 heterocycles. The third-order valence-corrected chi connectivity index (χ3v) is 7.32. The van der Waals surface area contributed by atoms with Crippen LogP contribution in [-0.2, 0) is 6.42 Å². The van der Waals surface area contributed by atoms with Gasteiger partial charge in [0.05, 0.1) is 5.69 Å². The number of nitrogens with one attached hydrogen (secondary N) is 2. The molecule has 2 unspecified atom stereocenters. The first kappa shape index (κ1) is 22.1. The maximum Gasteiger partial charge on any atom is 0.354 e. The number of likely N-dealkylation sites (tertiary alicyclic amines) is 1. The number of hydrogen-bond acceptors (Lipinski definition) is 6. The molecule has 9 heteroatoms. The first-order valence-corrected chi connectivity index (χ1v) is 12.0. The van der Waals surface area contributed by atoms with Crippen molar-refractivity contribution in [2.24, 2.45) is 23.5 Å². The fourth-order valence-corrected chi connectivity index (χ4v) is 5.32. The van der Waals surface area contributed by atoms with Crippen LogP contribution in [0.2, 0.25) is 0 Å². The van der Waals surface area contributed by atoms with E-state index in [2.05, 4.69) is 32.7 Å². The van der Waals surface area contributed by atoms with Crippen molar-refractivity contribution in [2.75, 3.05) is 57.7 Å². The van der Waals surface area contributed by atoms with Gasteiger partial charge >= 0.3 is 11.7 Å². The Bertz CT molecular complexity index is 1020. The van der Waals surface area contributed by atoms with Gasteiger partial charge in [0.2, 0.25) is 0 Å². The number of fused-ring (bicyclic) bond motifs is 1. The van der Waals surface area contributed by atoms with E-state index in [0.29, 0.717) is 13.1 Å². The van der Waals surface area contributed by atoms with Gasteiger partial charge in [-0.2, -0.15) is 4.98 Å². The number of anilines is 1. The second kappa shape index (κ2) is 9.62. The Morgan fingerprint density at radius 3 is 2.52 bits per heavy atom. The van der Waals surface area contributed by atoms with E-state index < -0.39 is 5.69 Å². The highest BCUT2D eigenvalue weighted by molar-refractivity contribution is 5.88. The van der Waals surface area contributed by atoms with Crippen molar-refractivity contribution in [2.45, 2.75) is 12.8 Å². The predicted molar refractivity (Wildman–Crippen MR) is 128 cm³/mol. The second-order valence-corrected chi connectivity index (χ2v) is 9.39. The highest BCUT2D eigenvalue weighted by Crippen LogP contribution is 2.50. The SMILES string of the molecule is NCC1C2CN(CCCc3ccc(-n4ccc(NC(=O)N5CCNCC5)nc4=O)cc3)CC12. The van der Waals surface area contributed by atoms with Crippen molar-refractivity contribution in [1.29, 1.82) is 0 Å². The Kier molecular flexibility index (Phi) is 6.43. The van der Waals surface area contributed by atoms with Gasteiger partial charge in [-0.1, -0.05) is 12.1 Å². The summed E-state index contributed by atoms with van der Waals surface area (Å²) in [5, 5.41) is 5.93. The number of nitrogens with zero attached hydrogens (tertiary/aromatic N) is 4. The third kappa shape index (κ3) is 4.95. The lowest BCUT2D eigenvalue weighted by molar-refractivity contribution is 0.204. The van der Waals surface area contributed by atoms with E-state index in [4.69, 9.17) is 5.73 Å². The molecule has 3 aliphatic rings. The van der Waals surface area contributed by atoms with Gasteiger partial charge in [0.1, 0.15) is 5.82 Å². The molecular weight excluding hydrogens is 418 g/mol. The molecule has 5 rings (SSSR count). The molecule has 176 valence electrons. The summed E-state index contributed by atoms with van der Waals surface area (Å²) in [6.07, 6.45) is 3.82. The molecule has 1 aromatic heterocycles. The smallest absolute Gasteiger partial charge is 0.330 e. The molecule has 0 bridgehead atoms. The van der Waals surface area contributed by atoms with Gasteiger partial charge in [-0.3, -0.25) is 9.88 Å². The molecule has 33 heavy (non-hydrogen) atoms.